The summed E-state index contributed by atoms with van der Waals surface area (Å²) in [4.78, 5) is 72.9. The summed E-state index contributed by atoms with van der Waals surface area (Å²) in [5, 5.41) is 32.7. The number of carbonyl (C=O) groups is 4. The smallest absolute Gasteiger partial charge is 0.416 e. The number of aromatic nitrogens is 3. The predicted octanol–water partition coefficient (Wildman–Crippen LogP) is 5.64. The topological polar surface area (TPSA) is 213 Å². The van der Waals surface area contributed by atoms with Gasteiger partial charge in [-0.3, -0.25) is 19.3 Å². The SMILES string of the molecule is CC(C)OC(=O)C(C)(C)N1CCC(N(Cc2ccc(-c3ccc(C(F)(F)F)cc3)cc2)C(=O)Cn2c(CCc3ccc(F)cc3F)nc(=O)c3cccnc32)CC1.O=C(O)C(O)C(O)C(=O)O. The van der Waals surface area contributed by atoms with Gasteiger partial charge in [-0.05, 0) is 99.5 Å². The fraction of sp³-hybridized carbons (Fsp3) is 0.383. The third-order valence-electron chi connectivity index (χ3n) is 11.3. The fourth-order valence-electron chi connectivity index (χ4n) is 7.46. The molecular formula is C47H50F5N5O10. The fourth-order valence-corrected chi connectivity index (χ4v) is 7.46. The Morgan fingerprint density at radius 1 is 0.851 bits per heavy atom. The number of likely N-dealkylation sites (tertiary alicyclic amines) is 1. The molecule has 0 bridgehead atoms. The van der Waals surface area contributed by atoms with Gasteiger partial charge >= 0.3 is 24.1 Å². The van der Waals surface area contributed by atoms with Gasteiger partial charge in [-0.15, -0.1) is 0 Å². The number of alkyl halides is 3. The first-order valence-corrected chi connectivity index (χ1v) is 21.1. The van der Waals surface area contributed by atoms with Crippen LogP contribution in [-0.4, -0.2) is 112 Å². The maximum absolute atomic E-state index is 14.7. The van der Waals surface area contributed by atoms with Gasteiger partial charge in [-0.1, -0.05) is 42.5 Å². The zero-order chi connectivity index (χ0) is 49.4. The van der Waals surface area contributed by atoms with Gasteiger partial charge in [0.15, 0.2) is 12.2 Å². The molecule has 358 valence electrons. The highest BCUT2D eigenvalue weighted by Gasteiger charge is 2.40. The molecule has 15 nitrogen and oxygen atoms in total. The average Bonchev–Trinajstić information content (AvgIpc) is 3.28. The number of esters is 1. The summed E-state index contributed by atoms with van der Waals surface area (Å²) >= 11 is 0. The van der Waals surface area contributed by atoms with Gasteiger partial charge in [-0.2, -0.15) is 18.2 Å². The van der Waals surface area contributed by atoms with E-state index in [9.17, 15) is 45.9 Å². The van der Waals surface area contributed by atoms with E-state index in [0.29, 0.717) is 37.1 Å². The molecule has 2 unspecified atom stereocenters. The van der Waals surface area contributed by atoms with Crippen molar-refractivity contribution in [1.82, 2.24) is 24.3 Å². The first-order valence-electron chi connectivity index (χ1n) is 21.1. The molecule has 1 saturated heterocycles. The van der Waals surface area contributed by atoms with Crippen molar-refractivity contribution in [2.45, 2.75) is 103 Å². The Morgan fingerprint density at radius 2 is 1.43 bits per heavy atom. The van der Waals surface area contributed by atoms with Crippen LogP contribution in [0.3, 0.4) is 0 Å². The number of nitrogens with zero attached hydrogens (tertiary/aromatic N) is 5. The molecule has 2 aromatic heterocycles. The lowest BCUT2D eigenvalue weighted by Gasteiger charge is -2.44. The summed E-state index contributed by atoms with van der Waals surface area (Å²) in [6.45, 7) is 8.16. The standard InChI is InChI=1S/C43H44F5N5O4.C4H6O6/c1-27(2)57-41(56)42(3,4)51-22-19-34(20-23-51)52(25-28-7-9-29(10-8-28)30-11-15-32(16-12-30)43(46,47)48)38(54)26-53-37(18-14-31-13-17-33(44)24-36(31)45)50-40(55)35-6-5-21-49-39(35)53;5-1(3(7)8)2(6)4(9)10/h5-13,15-17,21,24,27,34H,14,18-20,22-23,25-26H2,1-4H3;1-2,5-6H,(H,7,8)(H,9,10). The minimum atomic E-state index is -4.45. The Kier molecular flexibility index (Phi) is 16.7. The number of rotatable bonds is 15. The first kappa shape index (κ1) is 51.3. The number of fused-ring (bicyclic) bond motifs is 1. The number of amides is 1. The van der Waals surface area contributed by atoms with E-state index in [2.05, 4.69) is 9.97 Å². The molecule has 20 heteroatoms. The van der Waals surface area contributed by atoms with Crippen molar-refractivity contribution in [1.29, 1.82) is 0 Å². The number of carbonyl (C=O) groups excluding carboxylic acids is 2. The monoisotopic (exact) mass is 939 g/mol. The third-order valence-corrected chi connectivity index (χ3v) is 11.3. The molecule has 1 fully saturated rings. The number of aliphatic carboxylic acids is 2. The number of pyridine rings is 1. The molecular weight excluding hydrogens is 890 g/mol. The third kappa shape index (κ3) is 13.0. The van der Waals surface area contributed by atoms with Crippen molar-refractivity contribution in [3.05, 3.63) is 130 Å². The molecule has 1 amide bonds. The minimum Gasteiger partial charge on any atom is -0.479 e. The maximum atomic E-state index is 14.7. The van der Waals surface area contributed by atoms with Gasteiger partial charge in [0.05, 0.1) is 17.1 Å². The van der Waals surface area contributed by atoms with Crippen LogP contribution in [0.5, 0.6) is 0 Å². The lowest BCUT2D eigenvalue weighted by Crippen LogP contribution is -2.57. The zero-order valence-electron chi connectivity index (χ0n) is 36.9. The molecule has 0 saturated carbocycles. The summed E-state index contributed by atoms with van der Waals surface area (Å²) < 4.78 is 74.8. The molecule has 6 rings (SSSR count). The molecule has 2 atom stereocenters. The van der Waals surface area contributed by atoms with Crippen LogP contribution in [0.1, 0.15) is 63.1 Å². The molecule has 3 heterocycles. The lowest BCUT2D eigenvalue weighted by atomic mass is 9.95. The number of ether oxygens (including phenoxy) is 1. The Hall–Kier alpha value is -6.64. The number of aryl methyl sites for hydroxylation is 2. The van der Waals surface area contributed by atoms with E-state index in [1.54, 1.807) is 47.6 Å². The van der Waals surface area contributed by atoms with Crippen LogP contribution in [-0.2, 0) is 56.0 Å². The van der Waals surface area contributed by atoms with Gasteiger partial charge in [0, 0.05) is 44.4 Å². The highest BCUT2D eigenvalue weighted by Crippen LogP contribution is 2.32. The predicted molar refractivity (Wildman–Crippen MR) is 232 cm³/mol. The van der Waals surface area contributed by atoms with Crippen LogP contribution in [0, 0.1) is 11.6 Å². The first-order chi connectivity index (χ1) is 31.5. The van der Waals surface area contributed by atoms with Crippen molar-refractivity contribution in [3.63, 3.8) is 0 Å². The number of carboxylic acid groups (broad SMARTS) is 2. The number of hydrogen-bond donors (Lipinski definition) is 4. The summed E-state index contributed by atoms with van der Waals surface area (Å²) in [7, 11) is 0. The van der Waals surface area contributed by atoms with E-state index in [0.717, 1.165) is 29.8 Å². The average molecular weight is 940 g/mol. The molecule has 0 aliphatic carbocycles. The number of hydrogen-bond acceptors (Lipinski definition) is 11. The Balaban J connectivity index is 0.000000752. The second-order valence-electron chi connectivity index (χ2n) is 16.6. The zero-order valence-corrected chi connectivity index (χ0v) is 36.9. The second kappa shape index (κ2) is 21.8. The van der Waals surface area contributed by atoms with Crippen LogP contribution in [0.25, 0.3) is 22.2 Å². The number of carboxylic acids is 2. The number of benzene rings is 3. The van der Waals surface area contributed by atoms with Crippen LogP contribution in [0.2, 0.25) is 0 Å². The summed E-state index contributed by atoms with van der Waals surface area (Å²) in [5.41, 5.74) is 0.348. The van der Waals surface area contributed by atoms with Gasteiger partial charge in [0.25, 0.3) is 5.56 Å². The number of aliphatic hydroxyl groups is 2. The van der Waals surface area contributed by atoms with Crippen LogP contribution in [0.4, 0.5) is 22.0 Å². The van der Waals surface area contributed by atoms with Crippen LogP contribution >= 0.6 is 0 Å². The Labute approximate surface area is 381 Å². The number of piperidine rings is 1. The Bertz CT molecular complexity index is 2600. The number of aliphatic hydroxyl groups excluding tert-OH is 2. The highest BCUT2D eigenvalue weighted by molar-refractivity contribution is 5.83. The molecule has 3 aromatic carbocycles. The quantitative estimate of drug-likeness (QED) is 0.0740. The van der Waals surface area contributed by atoms with Crippen LogP contribution in [0.15, 0.2) is 89.9 Å². The van der Waals surface area contributed by atoms with Crippen molar-refractivity contribution >= 4 is 34.8 Å². The van der Waals surface area contributed by atoms with Gasteiger partial charge in [0.1, 0.15) is 35.2 Å². The molecule has 1 aliphatic rings. The highest BCUT2D eigenvalue weighted by atomic mass is 19.4. The molecule has 67 heavy (non-hydrogen) atoms. The molecule has 0 radical (unpaired) electrons. The number of halogens is 5. The molecule has 0 spiro atoms. The van der Waals surface area contributed by atoms with Gasteiger partial charge in [-0.25, -0.2) is 23.4 Å². The van der Waals surface area contributed by atoms with E-state index in [1.807, 2.05) is 30.9 Å². The molecule has 1 aliphatic heterocycles. The summed E-state index contributed by atoms with van der Waals surface area (Å²) in [5.74, 6) is -5.41. The van der Waals surface area contributed by atoms with E-state index in [1.165, 1.54) is 24.4 Å². The van der Waals surface area contributed by atoms with E-state index in [4.69, 9.17) is 25.2 Å². The summed E-state index contributed by atoms with van der Waals surface area (Å²) in [6, 6.07) is 18.3. The van der Waals surface area contributed by atoms with Crippen LogP contribution < -0.4 is 5.56 Å². The lowest BCUT2D eigenvalue weighted by molar-refractivity contribution is -0.165. The second-order valence-corrected chi connectivity index (χ2v) is 16.6. The van der Waals surface area contributed by atoms with E-state index >= 15 is 0 Å². The normalized spacial score (nSPS) is 14.5. The Morgan fingerprint density at radius 3 is 1.97 bits per heavy atom. The van der Waals surface area contributed by atoms with Crippen molar-refractivity contribution in [2.24, 2.45) is 0 Å². The maximum Gasteiger partial charge on any atom is 0.416 e. The van der Waals surface area contributed by atoms with Crippen molar-refractivity contribution in [3.8, 4) is 11.1 Å². The largest absolute Gasteiger partial charge is 0.479 e. The summed E-state index contributed by atoms with van der Waals surface area (Å²) in [6.07, 6.45) is -6.55. The minimum absolute atomic E-state index is 0.0585. The van der Waals surface area contributed by atoms with E-state index in [-0.39, 0.29) is 72.4 Å². The van der Waals surface area contributed by atoms with Crippen molar-refractivity contribution < 1.29 is 66.3 Å². The van der Waals surface area contributed by atoms with Gasteiger partial charge < -0.3 is 34.6 Å². The van der Waals surface area contributed by atoms with E-state index < -0.39 is 58.6 Å². The molecule has 5 aromatic rings. The van der Waals surface area contributed by atoms with Crippen molar-refractivity contribution in [2.75, 3.05) is 13.1 Å². The van der Waals surface area contributed by atoms with Gasteiger partial charge in [0.2, 0.25) is 5.91 Å². The molecule has 4 N–H and O–H groups in total.